The van der Waals surface area contributed by atoms with E-state index in [4.69, 9.17) is 0 Å². The summed E-state index contributed by atoms with van der Waals surface area (Å²) in [5.74, 6) is 0.873. The van der Waals surface area contributed by atoms with Crippen LogP contribution in [-0.2, 0) is 6.42 Å². The topological polar surface area (TPSA) is 30.7 Å². The number of nitrogens with zero attached hydrogens (tertiary/aromatic N) is 3. The third kappa shape index (κ3) is 4.43. The molecule has 3 aromatic rings. The number of hydrogen-bond acceptors (Lipinski definition) is 4. The first-order valence-corrected chi connectivity index (χ1v) is 11.3. The lowest BCUT2D eigenvalue weighted by atomic mass is 9.95. The van der Waals surface area contributed by atoms with E-state index in [0.717, 1.165) is 23.0 Å². The highest BCUT2D eigenvalue weighted by Crippen LogP contribution is 2.38. The molecule has 142 valence electrons. The van der Waals surface area contributed by atoms with Gasteiger partial charge in [-0.2, -0.15) is 0 Å². The van der Waals surface area contributed by atoms with Crippen LogP contribution in [0.1, 0.15) is 66.6 Å². The standard InChI is InChI=1S/C21H24FN3S2/c1-15(16-9-11-17(22)12-10-16)27-21-24-23-20(14-19-8-5-13-26-19)25(21)18-6-3-2-4-7-18/h5,8-13,15,18H,2-4,6-7,14H2,1H3/t15-/m1/s1. The summed E-state index contributed by atoms with van der Waals surface area (Å²) in [4.78, 5) is 1.32. The second-order valence-electron chi connectivity index (χ2n) is 7.13. The minimum absolute atomic E-state index is 0.195. The largest absolute Gasteiger partial charge is 0.303 e. The van der Waals surface area contributed by atoms with E-state index in [1.165, 1.54) is 49.1 Å². The van der Waals surface area contributed by atoms with Crippen LogP contribution in [0.4, 0.5) is 4.39 Å². The molecule has 0 radical (unpaired) electrons. The molecular weight excluding hydrogens is 377 g/mol. The molecule has 1 saturated carbocycles. The summed E-state index contributed by atoms with van der Waals surface area (Å²) in [5, 5.41) is 12.4. The number of aromatic nitrogens is 3. The molecule has 1 fully saturated rings. The Labute approximate surface area is 168 Å². The normalized spacial score (nSPS) is 16.5. The van der Waals surface area contributed by atoms with Crippen molar-refractivity contribution in [2.45, 2.75) is 61.9 Å². The SMILES string of the molecule is C[C@@H](Sc1nnc(Cc2cccs2)n1C1CCCCC1)c1ccc(F)cc1. The first-order chi connectivity index (χ1) is 13.2. The quantitative estimate of drug-likeness (QED) is 0.446. The van der Waals surface area contributed by atoms with Crippen molar-refractivity contribution in [2.24, 2.45) is 0 Å². The molecule has 27 heavy (non-hydrogen) atoms. The fourth-order valence-corrected chi connectivity index (χ4v) is 5.51. The summed E-state index contributed by atoms with van der Waals surface area (Å²) in [5.41, 5.74) is 1.11. The van der Waals surface area contributed by atoms with E-state index in [9.17, 15) is 4.39 Å². The van der Waals surface area contributed by atoms with Crippen LogP contribution < -0.4 is 0 Å². The van der Waals surface area contributed by atoms with Crippen molar-refractivity contribution < 1.29 is 4.39 Å². The van der Waals surface area contributed by atoms with Crippen molar-refractivity contribution in [2.75, 3.05) is 0 Å². The molecule has 1 atom stereocenters. The Morgan fingerprint density at radius 3 is 2.63 bits per heavy atom. The first-order valence-electron chi connectivity index (χ1n) is 9.59. The predicted molar refractivity (Wildman–Crippen MR) is 110 cm³/mol. The van der Waals surface area contributed by atoms with Crippen molar-refractivity contribution in [3.05, 3.63) is 63.9 Å². The maximum absolute atomic E-state index is 13.2. The van der Waals surface area contributed by atoms with E-state index in [1.807, 2.05) is 12.1 Å². The summed E-state index contributed by atoms with van der Waals surface area (Å²) < 4.78 is 15.6. The fourth-order valence-electron chi connectivity index (χ4n) is 3.74. The molecule has 0 saturated heterocycles. The summed E-state index contributed by atoms with van der Waals surface area (Å²) in [6.07, 6.45) is 7.12. The molecule has 0 aliphatic heterocycles. The highest BCUT2D eigenvalue weighted by molar-refractivity contribution is 7.99. The molecule has 0 unspecified atom stereocenters. The molecule has 4 rings (SSSR count). The lowest BCUT2D eigenvalue weighted by Gasteiger charge is -2.26. The van der Waals surface area contributed by atoms with Gasteiger partial charge in [-0.25, -0.2) is 4.39 Å². The molecule has 1 aliphatic carbocycles. The van der Waals surface area contributed by atoms with Gasteiger partial charge in [-0.1, -0.05) is 49.2 Å². The van der Waals surface area contributed by atoms with Crippen LogP contribution in [0.3, 0.4) is 0 Å². The van der Waals surface area contributed by atoms with Crippen molar-refractivity contribution in [3.63, 3.8) is 0 Å². The van der Waals surface area contributed by atoms with Gasteiger partial charge in [0, 0.05) is 22.6 Å². The monoisotopic (exact) mass is 401 g/mol. The van der Waals surface area contributed by atoms with Gasteiger partial charge in [0.1, 0.15) is 11.6 Å². The zero-order valence-electron chi connectivity index (χ0n) is 15.5. The maximum Gasteiger partial charge on any atom is 0.192 e. The van der Waals surface area contributed by atoms with Gasteiger partial charge in [0.15, 0.2) is 5.16 Å². The molecular formula is C21H24FN3S2. The van der Waals surface area contributed by atoms with Gasteiger partial charge in [-0.3, -0.25) is 0 Å². The highest BCUT2D eigenvalue weighted by atomic mass is 32.2. The van der Waals surface area contributed by atoms with Crippen molar-refractivity contribution in [1.82, 2.24) is 14.8 Å². The van der Waals surface area contributed by atoms with Gasteiger partial charge in [0.25, 0.3) is 0 Å². The molecule has 1 aliphatic rings. The predicted octanol–water partition coefficient (Wildman–Crippen LogP) is 6.43. The van der Waals surface area contributed by atoms with Gasteiger partial charge in [0.2, 0.25) is 0 Å². The maximum atomic E-state index is 13.2. The zero-order chi connectivity index (χ0) is 18.6. The Balaban J connectivity index is 1.60. The Morgan fingerprint density at radius 1 is 1.15 bits per heavy atom. The smallest absolute Gasteiger partial charge is 0.192 e. The van der Waals surface area contributed by atoms with Crippen LogP contribution in [0, 0.1) is 5.82 Å². The molecule has 2 aromatic heterocycles. The van der Waals surface area contributed by atoms with E-state index in [-0.39, 0.29) is 11.1 Å². The molecule has 0 bridgehead atoms. The number of benzene rings is 1. The average Bonchev–Trinajstić information content (AvgIpc) is 3.33. The van der Waals surface area contributed by atoms with Crippen molar-refractivity contribution in [1.29, 1.82) is 0 Å². The first kappa shape index (κ1) is 18.7. The van der Waals surface area contributed by atoms with E-state index in [2.05, 4.69) is 39.2 Å². The molecule has 0 N–H and O–H groups in total. The Kier molecular flexibility index (Phi) is 5.93. The van der Waals surface area contributed by atoms with Crippen LogP contribution in [0.5, 0.6) is 0 Å². The van der Waals surface area contributed by atoms with Crippen LogP contribution in [-0.4, -0.2) is 14.8 Å². The average molecular weight is 402 g/mol. The molecule has 0 amide bonds. The number of rotatable bonds is 6. The Hall–Kier alpha value is -1.66. The zero-order valence-corrected chi connectivity index (χ0v) is 17.1. The number of thioether (sulfide) groups is 1. The van der Waals surface area contributed by atoms with Crippen LogP contribution in [0.25, 0.3) is 0 Å². The molecule has 3 nitrogen and oxygen atoms in total. The summed E-state index contributed by atoms with van der Waals surface area (Å²) in [6, 6.07) is 11.5. The van der Waals surface area contributed by atoms with E-state index in [1.54, 1.807) is 23.1 Å². The van der Waals surface area contributed by atoms with Crippen molar-refractivity contribution >= 4 is 23.1 Å². The third-order valence-corrected chi connectivity index (χ3v) is 7.20. The third-order valence-electron chi connectivity index (χ3n) is 5.21. The van der Waals surface area contributed by atoms with E-state index in [0.29, 0.717) is 6.04 Å². The van der Waals surface area contributed by atoms with Gasteiger partial charge >= 0.3 is 0 Å². The second kappa shape index (κ2) is 8.57. The Bertz CT molecular complexity index is 852. The van der Waals surface area contributed by atoms with Crippen molar-refractivity contribution in [3.8, 4) is 0 Å². The number of thiophene rings is 1. The van der Waals surface area contributed by atoms with Crippen LogP contribution >= 0.6 is 23.1 Å². The fraction of sp³-hybridized carbons (Fsp3) is 0.429. The summed E-state index contributed by atoms with van der Waals surface area (Å²) in [7, 11) is 0. The summed E-state index contributed by atoms with van der Waals surface area (Å²) in [6.45, 7) is 2.15. The van der Waals surface area contributed by atoms with Crippen LogP contribution in [0.15, 0.2) is 46.9 Å². The van der Waals surface area contributed by atoms with Gasteiger partial charge in [-0.05, 0) is 48.9 Å². The van der Waals surface area contributed by atoms with E-state index < -0.39 is 0 Å². The minimum atomic E-state index is -0.195. The molecule has 1 aromatic carbocycles. The molecule has 2 heterocycles. The highest BCUT2D eigenvalue weighted by Gasteiger charge is 2.24. The van der Waals surface area contributed by atoms with Gasteiger partial charge in [-0.15, -0.1) is 21.5 Å². The van der Waals surface area contributed by atoms with Gasteiger partial charge < -0.3 is 4.57 Å². The lowest BCUT2D eigenvalue weighted by Crippen LogP contribution is -2.17. The Morgan fingerprint density at radius 2 is 1.93 bits per heavy atom. The minimum Gasteiger partial charge on any atom is -0.303 e. The summed E-state index contributed by atoms with van der Waals surface area (Å²) >= 11 is 3.50. The lowest BCUT2D eigenvalue weighted by molar-refractivity contribution is 0.330. The van der Waals surface area contributed by atoms with E-state index >= 15 is 0 Å². The van der Waals surface area contributed by atoms with Crippen LogP contribution in [0.2, 0.25) is 0 Å². The number of halogens is 1. The second-order valence-corrected chi connectivity index (χ2v) is 9.47. The molecule has 0 spiro atoms. The van der Waals surface area contributed by atoms with Gasteiger partial charge in [0.05, 0.1) is 0 Å². The molecule has 6 heteroatoms. The number of hydrogen-bond donors (Lipinski definition) is 0.